The molecule has 0 fully saturated rings. The second kappa shape index (κ2) is 10.1. The third kappa shape index (κ3) is 4.80. The molecule has 8 heteroatoms. The van der Waals surface area contributed by atoms with Crippen molar-refractivity contribution in [3.05, 3.63) is 64.9 Å². The Labute approximate surface area is 187 Å². The van der Waals surface area contributed by atoms with Crippen molar-refractivity contribution in [2.75, 3.05) is 34.5 Å². The van der Waals surface area contributed by atoms with Crippen LogP contribution in [0.3, 0.4) is 0 Å². The zero-order valence-corrected chi connectivity index (χ0v) is 18.9. The number of aryl methyl sites for hydroxylation is 1. The number of nitrogens with one attached hydrogen (secondary N) is 1. The normalized spacial score (nSPS) is 15.8. The topological polar surface area (TPSA) is 86.3 Å². The molecule has 0 unspecified atom stereocenters. The molecule has 1 aliphatic rings. The monoisotopic (exact) mass is 440 g/mol. The molecular formula is C24H28N2O6. The molecule has 1 aliphatic heterocycles. The Morgan fingerprint density at radius 2 is 1.75 bits per heavy atom. The van der Waals surface area contributed by atoms with Crippen LogP contribution in [0.2, 0.25) is 0 Å². The van der Waals surface area contributed by atoms with Crippen LogP contribution >= 0.6 is 0 Å². The molecule has 32 heavy (non-hydrogen) atoms. The molecular weight excluding hydrogens is 412 g/mol. The van der Waals surface area contributed by atoms with Crippen molar-refractivity contribution in [2.24, 2.45) is 0 Å². The summed E-state index contributed by atoms with van der Waals surface area (Å²) in [6.07, 6.45) is 0. The average molecular weight is 440 g/mol. The maximum absolute atomic E-state index is 13.0. The number of amides is 2. The summed E-state index contributed by atoms with van der Waals surface area (Å²) in [5.41, 5.74) is 2.40. The van der Waals surface area contributed by atoms with Crippen LogP contribution in [-0.2, 0) is 9.53 Å². The van der Waals surface area contributed by atoms with E-state index < -0.39 is 12.0 Å². The summed E-state index contributed by atoms with van der Waals surface area (Å²) in [6, 6.07) is 11.6. The van der Waals surface area contributed by atoms with Crippen LogP contribution in [-0.4, -0.2) is 51.4 Å². The minimum Gasteiger partial charge on any atom is -0.497 e. The first-order valence-electron chi connectivity index (χ1n) is 10.2. The van der Waals surface area contributed by atoms with Crippen LogP contribution in [0.5, 0.6) is 17.2 Å². The third-order valence-electron chi connectivity index (χ3n) is 5.22. The maximum Gasteiger partial charge on any atom is 0.338 e. The van der Waals surface area contributed by atoms with Gasteiger partial charge >= 0.3 is 12.0 Å². The lowest BCUT2D eigenvalue weighted by atomic mass is 9.94. The molecule has 1 heterocycles. The number of benzene rings is 2. The number of hydrogen-bond donors (Lipinski definition) is 1. The molecule has 0 aliphatic carbocycles. The molecule has 3 rings (SSSR count). The average Bonchev–Trinajstić information content (AvgIpc) is 2.80. The van der Waals surface area contributed by atoms with E-state index in [1.807, 2.05) is 31.2 Å². The van der Waals surface area contributed by atoms with Crippen molar-refractivity contribution in [2.45, 2.75) is 19.9 Å². The van der Waals surface area contributed by atoms with Gasteiger partial charge in [0.15, 0.2) is 0 Å². The van der Waals surface area contributed by atoms with Crippen molar-refractivity contribution in [3.8, 4) is 17.2 Å². The number of likely N-dealkylation sites (N-methyl/N-ethyl adjacent to an activating group) is 1. The van der Waals surface area contributed by atoms with Gasteiger partial charge in [0.1, 0.15) is 23.9 Å². The Morgan fingerprint density at radius 1 is 1.06 bits per heavy atom. The summed E-state index contributed by atoms with van der Waals surface area (Å²) in [5.74, 6) is 1.16. The summed E-state index contributed by atoms with van der Waals surface area (Å²) in [4.78, 5) is 27.2. The highest BCUT2D eigenvalue weighted by atomic mass is 16.5. The Balaban J connectivity index is 2.08. The SMILES string of the molecule is CCOC(=O)C1=C(COc2ccc(C)cc2)N(C)C(=O)N[C@@H]1c1ccc(OC)cc1OC. The van der Waals surface area contributed by atoms with Gasteiger partial charge in [-0.25, -0.2) is 9.59 Å². The van der Waals surface area contributed by atoms with Gasteiger partial charge in [-0.05, 0) is 38.1 Å². The first-order valence-corrected chi connectivity index (χ1v) is 10.2. The molecule has 1 atom stereocenters. The highest BCUT2D eigenvalue weighted by Gasteiger charge is 2.38. The van der Waals surface area contributed by atoms with Crippen molar-refractivity contribution in [1.29, 1.82) is 0 Å². The molecule has 0 saturated carbocycles. The van der Waals surface area contributed by atoms with Crippen LogP contribution < -0.4 is 19.5 Å². The standard InChI is InChI=1S/C24H28N2O6/c1-6-31-23(27)21-19(14-32-16-9-7-15(2)8-10-16)26(3)24(28)25-22(21)18-12-11-17(29-4)13-20(18)30-5/h7-13,22H,6,14H2,1-5H3,(H,25,28)/t22-/m1/s1. The van der Waals surface area contributed by atoms with Gasteiger partial charge in [0.2, 0.25) is 0 Å². The Kier molecular flexibility index (Phi) is 7.25. The number of carbonyl (C=O) groups excluding carboxylic acids is 2. The van der Waals surface area contributed by atoms with E-state index in [-0.39, 0.29) is 24.8 Å². The lowest BCUT2D eigenvalue weighted by molar-refractivity contribution is -0.139. The number of urea groups is 1. The molecule has 2 amide bonds. The number of carbonyl (C=O) groups is 2. The van der Waals surface area contributed by atoms with Crippen molar-refractivity contribution >= 4 is 12.0 Å². The van der Waals surface area contributed by atoms with E-state index in [1.54, 1.807) is 39.3 Å². The second-order valence-electron chi connectivity index (χ2n) is 7.23. The molecule has 8 nitrogen and oxygen atoms in total. The van der Waals surface area contributed by atoms with Gasteiger partial charge < -0.3 is 24.3 Å². The lowest BCUT2D eigenvalue weighted by Crippen LogP contribution is -2.48. The van der Waals surface area contributed by atoms with Gasteiger partial charge in [-0.15, -0.1) is 0 Å². The zero-order valence-electron chi connectivity index (χ0n) is 18.9. The Bertz CT molecular complexity index is 1020. The zero-order chi connectivity index (χ0) is 23.3. The molecule has 2 aromatic carbocycles. The number of esters is 1. The van der Waals surface area contributed by atoms with Gasteiger partial charge in [-0.1, -0.05) is 17.7 Å². The smallest absolute Gasteiger partial charge is 0.338 e. The molecule has 0 spiro atoms. The van der Waals surface area contributed by atoms with Crippen molar-refractivity contribution in [1.82, 2.24) is 10.2 Å². The minimum atomic E-state index is -0.782. The molecule has 0 radical (unpaired) electrons. The summed E-state index contributed by atoms with van der Waals surface area (Å²) in [5, 5.41) is 2.87. The second-order valence-corrected chi connectivity index (χ2v) is 7.23. The van der Waals surface area contributed by atoms with E-state index in [2.05, 4.69) is 5.32 Å². The largest absolute Gasteiger partial charge is 0.497 e. The fraction of sp³-hybridized carbons (Fsp3) is 0.333. The van der Waals surface area contributed by atoms with E-state index in [0.29, 0.717) is 28.5 Å². The Morgan fingerprint density at radius 3 is 2.38 bits per heavy atom. The van der Waals surface area contributed by atoms with Crippen LogP contribution in [0.15, 0.2) is 53.7 Å². The van der Waals surface area contributed by atoms with Gasteiger partial charge in [0, 0.05) is 18.7 Å². The number of hydrogen-bond acceptors (Lipinski definition) is 6. The van der Waals surface area contributed by atoms with Gasteiger partial charge in [-0.3, -0.25) is 4.90 Å². The molecule has 0 saturated heterocycles. The summed E-state index contributed by atoms with van der Waals surface area (Å²) < 4.78 is 22.0. The van der Waals surface area contributed by atoms with Crippen LogP contribution in [0.25, 0.3) is 0 Å². The van der Waals surface area contributed by atoms with Crippen molar-refractivity contribution in [3.63, 3.8) is 0 Å². The first kappa shape index (κ1) is 23.0. The number of methoxy groups -OCH3 is 2. The first-order chi connectivity index (χ1) is 15.4. The molecule has 0 aromatic heterocycles. The van der Waals surface area contributed by atoms with Crippen LogP contribution in [0.1, 0.15) is 24.1 Å². The fourth-order valence-electron chi connectivity index (χ4n) is 3.46. The molecule has 0 bridgehead atoms. The van der Waals surface area contributed by atoms with Crippen LogP contribution in [0.4, 0.5) is 4.79 Å². The number of nitrogens with zero attached hydrogens (tertiary/aromatic N) is 1. The highest BCUT2D eigenvalue weighted by molar-refractivity contribution is 5.95. The molecule has 170 valence electrons. The number of rotatable bonds is 8. The molecule has 1 N–H and O–H groups in total. The third-order valence-corrected chi connectivity index (χ3v) is 5.22. The minimum absolute atomic E-state index is 0.0100. The summed E-state index contributed by atoms with van der Waals surface area (Å²) in [6.45, 7) is 3.92. The predicted octanol–water partition coefficient (Wildman–Crippen LogP) is 3.60. The van der Waals surface area contributed by atoms with Crippen molar-refractivity contribution < 1.29 is 28.5 Å². The quantitative estimate of drug-likeness (QED) is 0.631. The summed E-state index contributed by atoms with van der Waals surface area (Å²) in [7, 11) is 4.66. The lowest BCUT2D eigenvalue weighted by Gasteiger charge is -2.35. The number of ether oxygens (including phenoxy) is 4. The van der Waals surface area contributed by atoms with Gasteiger partial charge in [-0.2, -0.15) is 0 Å². The van der Waals surface area contributed by atoms with E-state index in [1.165, 1.54) is 12.0 Å². The van der Waals surface area contributed by atoms with E-state index >= 15 is 0 Å². The van der Waals surface area contributed by atoms with Crippen LogP contribution in [0, 0.1) is 6.92 Å². The Hall–Kier alpha value is -3.68. The maximum atomic E-state index is 13.0. The predicted molar refractivity (Wildman–Crippen MR) is 119 cm³/mol. The fourth-order valence-corrected chi connectivity index (χ4v) is 3.46. The van der Waals surface area contributed by atoms with E-state index in [9.17, 15) is 9.59 Å². The molecule has 2 aromatic rings. The van der Waals surface area contributed by atoms with E-state index in [4.69, 9.17) is 18.9 Å². The van der Waals surface area contributed by atoms with Gasteiger partial charge in [0.05, 0.1) is 38.1 Å². The van der Waals surface area contributed by atoms with Gasteiger partial charge in [0.25, 0.3) is 0 Å². The van der Waals surface area contributed by atoms with E-state index in [0.717, 1.165) is 5.56 Å². The highest BCUT2D eigenvalue weighted by Crippen LogP contribution is 2.37. The summed E-state index contributed by atoms with van der Waals surface area (Å²) >= 11 is 0.